The maximum atomic E-state index is 11.8. The second-order valence-corrected chi connectivity index (χ2v) is 11.8. The van der Waals surface area contributed by atoms with Crippen LogP contribution in [0.5, 0.6) is 0 Å². The largest absolute Gasteiger partial charge is 0.521 e. The van der Waals surface area contributed by atoms with Crippen molar-refractivity contribution in [1.82, 2.24) is 0 Å². The highest BCUT2D eigenvalue weighted by molar-refractivity contribution is 9.25. The van der Waals surface area contributed by atoms with Crippen molar-refractivity contribution >= 4 is 17.7 Å². The Hall–Kier alpha value is -0.280. The molecule has 0 rings (SSSR count). The van der Waals surface area contributed by atoms with Crippen LogP contribution in [-0.4, -0.2) is 11.0 Å². The summed E-state index contributed by atoms with van der Waals surface area (Å²) in [6, 6.07) is 0. The fourth-order valence-corrected chi connectivity index (χ4v) is 3.42. The van der Waals surface area contributed by atoms with E-state index in [1.165, 1.54) is 0 Å². The number of halogens is 14. The van der Waals surface area contributed by atoms with E-state index in [9.17, 15) is 57.4 Å². The lowest BCUT2D eigenvalue weighted by Gasteiger charge is -2.69. The van der Waals surface area contributed by atoms with Crippen molar-refractivity contribution in [2.45, 2.75) is 11.0 Å². The fraction of sp³-hybridized carbons (Fsp3) is 1.00. The van der Waals surface area contributed by atoms with E-state index in [0.29, 0.717) is 0 Å². The van der Waals surface area contributed by atoms with E-state index < -0.39 is 28.8 Å². The predicted octanol–water partition coefficient (Wildman–Crippen LogP) is 6.77. The minimum Gasteiger partial charge on any atom is -0.155 e. The Labute approximate surface area is 87.2 Å². The Morgan fingerprint density at radius 1 is 0.389 bits per heavy atom. The van der Waals surface area contributed by atoms with Gasteiger partial charge in [-0.15, -0.1) is 31.1 Å². The molecule has 0 aromatic heterocycles. The predicted molar refractivity (Wildman–Crippen MR) is 36.2 cm³/mol. The molecule has 0 aliphatic carbocycles. The van der Waals surface area contributed by atoms with E-state index >= 15 is 0 Å². The van der Waals surface area contributed by atoms with Gasteiger partial charge in [-0.25, -0.2) is 0 Å². The molecule has 0 radical (unpaired) electrons. The van der Waals surface area contributed by atoms with Crippen molar-refractivity contribution in [3.63, 3.8) is 0 Å². The van der Waals surface area contributed by atoms with Crippen LogP contribution in [0.2, 0.25) is 0 Å². The van der Waals surface area contributed by atoms with Crippen LogP contribution < -0.4 is 0 Å². The van der Waals surface area contributed by atoms with Crippen LogP contribution in [0, 0.1) is 0 Å². The first-order valence-electron chi connectivity index (χ1n) is 2.94. The van der Waals surface area contributed by atoms with E-state index in [1.54, 1.807) is 0 Å². The zero-order chi connectivity index (χ0) is 15.8. The van der Waals surface area contributed by atoms with Gasteiger partial charge in [0.05, 0.1) is 0 Å². The minimum atomic E-state index is -14.1. The number of hydrogen-bond donors (Lipinski definition) is 0. The standard InChI is InChI=1S/C2F14S2/c3-1(4,5)17(9,10,11,12)18(13,14,15,16)2(6,7)8. The summed E-state index contributed by atoms with van der Waals surface area (Å²) in [5.41, 5.74) is -18.2. The Morgan fingerprint density at radius 2 is 0.500 bits per heavy atom. The van der Waals surface area contributed by atoms with Crippen molar-refractivity contribution in [2.75, 3.05) is 0 Å². The van der Waals surface area contributed by atoms with E-state index in [-0.39, 0.29) is 0 Å². The molecule has 0 fully saturated rings. The van der Waals surface area contributed by atoms with Crippen LogP contribution in [0.3, 0.4) is 0 Å². The molecule has 18 heavy (non-hydrogen) atoms. The van der Waals surface area contributed by atoms with E-state index in [4.69, 9.17) is 0 Å². The first-order valence-corrected chi connectivity index (χ1v) is 7.56. The van der Waals surface area contributed by atoms with Crippen LogP contribution >= 0.6 is 17.7 Å². The summed E-state index contributed by atoms with van der Waals surface area (Å²) in [7, 11) is -28.3. The normalized spacial score (nSPS) is 23.7. The van der Waals surface area contributed by atoms with Crippen LogP contribution in [0.1, 0.15) is 0 Å². The molecule has 0 bridgehead atoms. The van der Waals surface area contributed by atoms with E-state index in [2.05, 4.69) is 0 Å². The summed E-state index contributed by atoms with van der Waals surface area (Å²) in [4.78, 5) is 0. The van der Waals surface area contributed by atoms with Gasteiger partial charge in [0.2, 0.25) is 0 Å². The van der Waals surface area contributed by atoms with Gasteiger partial charge in [-0.1, -0.05) is 0 Å². The molecule has 0 saturated heterocycles. The third kappa shape index (κ3) is 1.14. The van der Waals surface area contributed by atoms with Gasteiger partial charge in [-0.3, -0.25) is 0 Å². The van der Waals surface area contributed by atoms with Gasteiger partial charge in [0.25, 0.3) is 0 Å². The monoisotopic (exact) mass is 354 g/mol. The molecule has 0 nitrogen and oxygen atoms in total. The first kappa shape index (κ1) is 17.7. The minimum absolute atomic E-state index is 9.08. The molecule has 16 heteroatoms. The molecule has 118 valence electrons. The van der Waals surface area contributed by atoms with Gasteiger partial charge in [0.15, 0.2) is 0 Å². The van der Waals surface area contributed by atoms with Crippen molar-refractivity contribution in [3.05, 3.63) is 0 Å². The van der Waals surface area contributed by atoms with Gasteiger partial charge < -0.3 is 0 Å². The van der Waals surface area contributed by atoms with Gasteiger partial charge in [-0.05, 0) is 0 Å². The molecular formula is C2F14S2. The maximum absolute atomic E-state index is 14.1. The Bertz CT molecular complexity index is 347. The molecule has 0 saturated carbocycles. The quantitative estimate of drug-likeness (QED) is 0.360. The summed E-state index contributed by atoms with van der Waals surface area (Å²) < 4.78 is 162. The Balaban J connectivity index is 7.17. The van der Waals surface area contributed by atoms with Gasteiger partial charge in [-0.2, -0.15) is 26.3 Å². The SMILES string of the molecule is FC(F)(F)S(F)(F)(F)(F)S(F)(F)(F)(F)C(F)(F)F. The topological polar surface area (TPSA) is 0 Å². The van der Waals surface area contributed by atoms with Gasteiger partial charge in [0, 0.05) is 0 Å². The zero-order valence-electron chi connectivity index (χ0n) is 7.11. The average Bonchev–Trinajstić information content (AvgIpc) is 1.71. The number of rotatable bonds is 1. The molecule has 0 aromatic rings. The highest BCUT2D eigenvalue weighted by atomic mass is 33.4. The lowest BCUT2D eigenvalue weighted by atomic mass is 11.6. The summed E-state index contributed by atoms with van der Waals surface area (Å²) >= 11 is 0. The zero-order valence-corrected chi connectivity index (χ0v) is 8.74. The summed E-state index contributed by atoms with van der Waals surface area (Å²) in [6.07, 6.45) is 0. The fourth-order valence-electron chi connectivity index (χ4n) is 0.380. The smallest absolute Gasteiger partial charge is 0.155 e. The molecule has 0 aliphatic rings. The maximum Gasteiger partial charge on any atom is 0.521 e. The number of alkyl halides is 6. The Morgan fingerprint density at radius 3 is 0.556 bits per heavy atom. The lowest BCUT2D eigenvalue weighted by Crippen LogP contribution is -2.50. The molecule has 0 aromatic carbocycles. The van der Waals surface area contributed by atoms with Gasteiger partial charge >= 0.3 is 28.8 Å². The molecule has 0 unspecified atom stereocenters. The van der Waals surface area contributed by atoms with Crippen molar-refractivity contribution < 1.29 is 57.4 Å². The highest BCUT2D eigenvalue weighted by Gasteiger charge is 3.16. The van der Waals surface area contributed by atoms with Crippen molar-refractivity contribution in [2.24, 2.45) is 0 Å². The third-order valence-electron chi connectivity index (χ3n) is 1.56. The number of hydrogen-bond acceptors (Lipinski definition) is 0. The van der Waals surface area contributed by atoms with Crippen LogP contribution in [0.4, 0.5) is 57.4 Å². The first-order chi connectivity index (χ1) is 6.84. The molecule has 0 heterocycles. The molecule has 0 aliphatic heterocycles. The molecule has 0 N–H and O–H groups in total. The Kier molecular flexibility index (Phi) is 2.34. The third-order valence-corrected chi connectivity index (χ3v) is 9.87. The van der Waals surface area contributed by atoms with Crippen molar-refractivity contribution in [1.29, 1.82) is 0 Å². The second-order valence-electron chi connectivity index (χ2n) is 2.88. The van der Waals surface area contributed by atoms with Crippen molar-refractivity contribution in [3.8, 4) is 0 Å². The van der Waals surface area contributed by atoms with Crippen LogP contribution in [0.25, 0.3) is 0 Å². The average molecular weight is 354 g/mol. The van der Waals surface area contributed by atoms with Gasteiger partial charge in [0.1, 0.15) is 0 Å². The molecular weight excluding hydrogens is 354 g/mol. The van der Waals surface area contributed by atoms with E-state index in [0.717, 1.165) is 0 Å². The molecule has 0 spiro atoms. The molecule has 0 amide bonds. The van der Waals surface area contributed by atoms with Crippen LogP contribution in [-0.2, 0) is 0 Å². The van der Waals surface area contributed by atoms with Crippen LogP contribution in [0.15, 0.2) is 0 Å². The summed E-state index contributed by atoms with van der Waals surface area (Å²) in [5, 5.41) is 0. The summed E-state index contributed by atoms with van der Waals surface area (Å²) in [5.74, 6) is 0. The second kappa shape index (κ2) is 2.37. The lowest BCUT2D eigenvalue weighted by molar-refractivity contribution is -0.0840. The molecule has 0 atom stereocenters. The van der Waals surface area contributed by atoms with E-state index in [1.807, 2.05) is 0 Å². The summed E-state index contributed by atoms with van der Waals surface area (Å²) in [6.45, 7) is 0. The highest BCUT2D eigenvalue weighted by Crippen LogP contribution is 3.39.